The molecule has 0 aliphatic rings. The first kappa shape index (κ1) is 14.8. The van der Waals surface area contributed by atoms with Gasteiger partial charge in [-0.2, -0.15) is 5.10 Å². The monoisotopic (exact) mass is 265 g/mol. The lowest BCUT2D eigenvalue weighted by atomic mass is 9.96. The predicted octanol–water partition coefficient (Wildman–Crippen LogP) is 1.85. The van der Waals surface area contributed by atoms with E-state index >= 15 is 0 Å². The summed E-state index contributed by atoms with van der Waals surface area (Å²) in [6.45, 7) is 2.01. The third kappa shape index (κ3) is 3.87. The molecule has 0 bridgehead atoms. The molecule has 3 N–H and O–H groups in total. The minimum Gasteiger partial charge on any atom is -0.493 e. The molecule has 2 amide bonds. The van der Waals surface area contributed by atoms with Crippen LogP contribution < -0.4 is 20.6 Å². The number of nitrogens with zero attached hydrogens (tertiary/aromatic N) is 1. The molecule has 1 atom stereocenters. The molecule has 1 rings (SSSR count). The van der Waals surface area contributed by atoms with Gasteiger partial charge in [-0.25, -0.2) is 10.2 Å². The fraction of sp³-hybridized carbons (Fsp3) is 0.385. The van der Waals surface area contributed by atoms with Crippen molar-refractivity contribution in [2.24, 2.45) is 10.8 Å². The van der Waals surface area contributed by atoms with E-state index < -0.39 is 6.03 Å². The van der Waals surface area contributed by atoms with Crippen molar-refractivity contribution in [2.45, 2.75) is 19.3 Å². The molecule has 1 aromatic carbocycles. The summed E-state index contributed by atoms with van der Waals surface area (Å²) in [4.78, 5) is 10.6. The molecule has 19 heavy (non-hydrogen) atoms. The van der Waals surface area contributed by atoms with Crippen molar-refractivity contribution in [1.82, 2.24) is 5.43 Å². The highest BCUT2D eigenvalue weighted by Crippen LogP contribution is 2.35. The zero-order valence-corrected chi connectivity index (χ0v) is 11.3. The fourth-order valence-electron chi connectivity index (χ4n) is 1.80. The van der Waals surface area contributed by atoms with Gasteiger partial charge in [0.05, 0.1) is 14.2 Å². The molecular formula is C13H19N3O3. The lowest BCUT2D eigenvalue weighted by Crippen LogP contribution is -2.24. The van der Waals surface area contributed by atoms with Crippen molar-refractivity contribution >= 4 is 12.2 Å². The molecule has 6 nitrogen and oxygen atoms in total. The van der Waals surface area contributed by atoms with Gasteiger partial charge in [-0.15, -0.1) is 0 Å². The predicted molar refractivity (Wildman–Crippen MR) is 73.8 cm³/mol. The van der Waals surface area contributed by atoms with E-state index in [0.29, 0.717) is 11.5 Å². The molecule has 0 fully saturated rings. The second kappa shape index (κ2) is 7.25. The average Bonchev–Trinajstić information content (AvgIpc) is 2.42. The van der Waals surface area contributed by atoms with Gasteiger partial charge >= 0.3 is 6.03 Å². The van der Waals surface area contributed by atoms with Gasteiger partial charge in [0, 0.05) is 17.7 Å². The van der Waals surface area contributed by atoms with Crippen molar-refractivity contribution < 1.29 is 14.3 Å². The number of hydrogen-bond donors (Lipinski definition) is 2. The van der Waals surface area contributed by atoms with Crippen molar-refractivity contribution in [2.75, 3.05) is 14.2 Å². The number of benzene rings is 1. The average molecular weight is 265 g/mol. The Hall–Kier alpha value is -2.24. The van der Waals surface area contributed by atoms with Crippen molar-refractivity contribution in [3.05, 3.63) is 23.8 Å². The highest BCUT2D eigenvalue weighted by molar-refractivity contribution is 5.75. The molecule has 0 aliphatic heterocycles. The summed E-state index contributed by atoms with van der Waals surface area (Å²) in [5, 5.41) is 3.80. The maximum absolute atomic E-state index is 10.6. The molecule has 0 radical (unpaired) electrons. The molecule has 104 valence electrons. The van der Waals surface area contributed by atoms with Gasteiger partial charge in [0.15, 0.2) is 11.5 Å². The van der Waals surface area contributed by atoms with E-state index in [1.165, 1.54) is 0 Å². The number of nitrogens with two attached hydrogens (primary N) is 1. The Morgan fingerprint density at radius 2 is 2.21 bits per heavy atom. The van der Waals surface area contributed by atoms with Crippen LogP contribution in [0.3, 0.4) is 0 Å². The Bertz CT molecular complexity index is 460. The maximum Gasteiger partial charge on any atom is 0.332 e. The topological polar surface area (TPSA) is 85.9 Å². The lowest BCUT2D eigenvalue weighted by Gasteiger charge is -2.16. The van der Waals surface area contributed by atoms with Crippen LogP contribution in [0.15, 0.2) is 23.3 Å². The normalized spacial score (nSPS) is 12.2. The summed E-state index contributed by atoms with van der Waals surface area (Å²) < 4.78 is 10.6. The number of hydrogen-bond acceptors (Lipinski definition) is 4. The number of primary amides is 1. The number of carbonyl (C=O) groups is 1. The highest BCUT2D eigenvalue weighted by Gasteiger charge is 2.16. The number of nitrogens with one attached hydrogen (secondary N) is 1. The Morgan fingerprint density at radius 1 is 1.47 bits per heavy atom. The van der Waals surface area contributed by atoms with Gasteiger partial charge in [-0.1, -0.05) is 19.1 Å². The van der Waals surface area contributed by atoms with Crippen LogP contribution in [-0.2, 0) is 0 Å². The number of ether oxygens (including phenoxy) is 2. The minimum atomic E-state index is -0.691. The zero-order chi connectivity index (χ0) is 14.3. The van der Waals surface area contributed by atoms with Gasteiger partial charge in [-0.3, -0.25) is 0 Å². The van der Waals surface area contributed by atoms with E-state index in [4.69, 9.17) is 15.2 Å². The SMILES string of the molecule is CC[C@@H](/C=N/NC(N)=O)c1cccc(OC)c1OC. The standard InChI is InChI=1S/C13H19N3O3/c1-4-9(8-15-16-13(14)17)10-6-5-7-11(18-2)12(10)19-3/h5-9H,4H2,1-3H3,(H3,14,16,17)/b15-8+/t9-/m0/s1. The van der Waals surface area contributed by atoms with Crippen molar-refractivity contribution in [3.8, 4) is 11.5 Å². The van der Waals surface area contributed by atoms with E-state index in [-0.39, 0.29) is 5.92 Å². The number of amides is 2. The molecule has 0 unspecified atom stereocenters. The molecule has 0 spiro atoms. The van der Waals surface area contributed by atoms with Crippen LogP contribution in [0.4, 0.5) is 4.79 Å². The van der Waals surface area contributed by atoms with E-state index in [1.807, 2.05) is 25.1 Å². The summed E-state index contributed by atoms with van der Waals surface area (Å²) in [5.41, 5.74) is 8.08. The van der Waals surface area contributed by atoms with E-state index in [2.05, 4.69) is 10.5 Å². The number of hydrazone groups is 1. The largest absolute Gasteiger partial charge is 0.493 e. The quantitative estimate of drug-likeness (QED) is 0.608. The number of rotatable bonds is 6. The molecule has 0 heterocycles. The van der Waals surface area contributed by atoms with Crippen LogP contribution in [0.5, 0.6) is 11.5 Å². The molecule has 0 saturated carbocycles. The third-order valence-electron chi connectivity index (χ3n) is 2.70. The van der Waals surface area contributed by atoms with Gasteiger partial charge in [0.1, 0.15) is 0 Å². The molecule has 1 aromatic rings. The van der Waals surface area contributed by atoms with Crippen LogP contribution in [0.2, 0.25) is 0 Å². The Labute approximate surface area is 112 Å². The number of methoxy groups -OCH3 is 2. The Kier molecular flexibility index (Phi) is 5.66. The van der Waals surface area contributed by atoms with Gasteiger partial charge in [0.2, 0.25) is 0 Å². The number of para-hydroxylation sites is 1. The summed E-state index contributed by atoms with van der Waals surface area (Å²) in [6.07, 6.45) is 2.43. The molecule has 0 saturated heterocycles. The molecule has 0 aliphatic carbocycles. The van der Waals surface area contributed by atoms with Crippen LogP contribution in [0, 0.1) is 0 Å². The van der Waals surface area contributed by atoms with Crippen LogP contribution in [0.1, 0.15) is 24.8 Å². The second-order valence-corrected chi connectivity index (χ2v) is 3.85. The third-order valence-corrected chi connectivity index (χ3v) is 2.70. The first-order chi connectivity index (χ1) is 9.13. The second-order valence-electron chi connectivity index (χ2n) is 3.85. The first-order valence-corrected chi connectivity index (χ1v) is 5.93. The minimum absolute atomic E-state index is 0.00287. The van der Waals surface area contributed by atoms with Gasteiger partial charge in [-0.05, 0) is 12.5 Å². The molecule has 6 heteroatoms. The number of carbonyl (C=O) groups excluding carboxylic acids is 1. The smallest absolute Gasteiger partial charge is 0.332 e. The molecule has 0 aromatic heterocycles. The Morgan fingerprint density at radius 3 is 2.74 bits per heavy atom. The summed E-state index contributed by atoms with van der Waals surface area (Å²) >= 11 is 0. The summed E-state index contributed by atoms with van der Waals surface area (Å²) in [5.74, 6) is 1.33. The van der Waals surface area contributed by atoms with Crippen LogP contribution in [-0.4, -0.2) is 26.5 Å². The lowest BCUT2D eigenvalue weighted by molar-refractivity contribution is 0.249. The van der Waals surface area contributed by atoms with Crippen LogP contribution in [0.25, 0.3) is 0 Å². The highest BCUT2D eigenvalue weighted by atomic mass is 16.5. The maximum atomic E-state index is 10.6. The van der Waals surface area contributed by atoms with Crippen molar-refractivity contribution in [1.29, 1.82) is 0 Å². The van der Waals surface area contributed by atoms with Crippen molar-refractivity contribution in [3.63, 3.8) is 0 Å². The van der Waals surface area contributed by atoms with E-state index in [1.54, 1.807) is 20.4 Å². The summed E-state index contributed by atoms with van der Waals surface area (Å²) in [6, 6.07) is 4.96. The van der Waals surface area contributed by atoms with Gasteiger partial charge < -0.3 is 15.2 Å². The summed E-state index contributed by atoms with van der Waals surface area (Å²) in [7, 11) is 3.18. The Balaban J connectivity index is 3.04. The van der Waals surface area contributed by atoms with Gasteiger partial charge in [0.25, 0.3) is 0 Å². The van der Waals surface area contributed by atoms with E-state index in [9.17, 15) is 4.79 Å². The van der Waals surface area contributed by atoms with Crippen LogP contribution >= 0.6 is 0 Å². The fourth-order valence-corrected chi connectivity index (χ4v) is 1.80. The molecular weight excluding hydrogens is 246 g/mol. The number of urea groups is 1. The van der Waals surface area contributed by atoms with E-state index in [0.717, 1.165) is 12.0 Å². The first-order valence-electron chi connectivity index (χ1n) is 5.93. The zero-order valence-electron chi connectivity index (χ0n) is 11.3.